The molecular weight excluding hydrogens is 302 g/mol. The third-order valence-electron chi connectivity index (χ3n) is 2.71. The predicted octanol–water partition coefficient (Wildman–Crippen LogP) is 3.47. The fourth-order valence-corrected chi connectivity index (χ4v) is 2.19. The molecule has 4 nitrogen and oxygen atoms in total. The Kier molecular flexibility index (Phi) is 5.00. The predicted molar refractivity (Wildman–Crippen MR) is 80.7 cm³/mol. The standard InChI is InChI=1S/C13H13Cl2FN4/c14-9-7-10(15)13(20-17)19-12(9)18-6-5-8-3-1-2-4-11(8)16/h1-4,7H,5-6,17H2,(H2,18,19,20). The Morgan fingerprint density at radius 3 is 2.55 bits per heavy atom. The molecule has 0 spiro atoms. The van der Waals surface area contributed by atoms with Gasteiger partial charge in [-0.3, -0.25) is 0 Å². The average molecular weight is 315 g/mol. The van der Waals surface area contributed by atoms with Crippen LogP contribution in [0.25, 0.3) is 0 Å². The van der Waals surface area contributed by atoms with Crippen LogP contribution in [0.2, 0.25) is 10.0 Å². The van der Waals surface area contributed by atoms with Crippen LogP contribution in [0.15, 0.2) is 30.3 Å². The number of rotatable bonds is 5. The van der Waals surface area contributed by atoms with Crippen LogP contribution in [-0.2, 0) is 6.42 Å². The van der Waals surface area contributed by atoms with Gasteiger partial charge in [0.2, 0.25) is 0 Å². The van der Waals surface area contributed by atoms with Crippen LogP contribution >= 0.6 is 23.2 Å². The number of pyridine rings is 1. The highest BCUT2D eigenvalue weighted by Gasteiger charge is 2.08. The summed E-state index contributed by atoms with van der Waals surface area (Å²) in [5.74, 6) is 5.83. The molecule has 0 radical (unpaired) electrons. The molecule has 0 saturated carbocycles. The molecule has 1 heterocycles. The number of aromatic nitrogens is 1. The topological polar surface area (TPSA) is 63.0 Å². The van der Waals surface area contributed by atoms with Crippen molar-refractivity contribution >= 4 is 34.8 Å². The van der Waals surface area contributed by atoms with E-state index in [-0.39, 0.29) is 5.82 Å². The van der Waals surface area contributed by atoms with Crippen LogP contribution in [0.4, 0.5) is 16.0 Å². The molecule has 0 atom stereocenters. The van der Waals surface area contributed by atoms with Crippen molar-refractivity contribution in [3.63, 3.8) is 0 Å². The summed E-state index contributed by atoms with van der Waals surface area (Å²) in [7, 11) is 0. The van der Waals surface area contributed by atoms with Crippen LogP contribution in [0.3, 0.4) is 0 Å². The molecule has 1 aromatic carbocycles. The first-order chi connectivity index (χ1) is 9.61. The zero-order valence-corrected chi connectivity index (χ0v) is 12.0. The van der Waals surface area contributed by atoms with Crippen molar-refractivity contribution < 1.29 is 4.39 Å². The number of nitrogen functional groups attached to an aromatic ring is 1. The van der Waals surface area contributed by atoms with E-state index in [2.05, 4.69) is 15.7 Å². The molecule has 2 rings (SSSR count). The highest BCUT2D eigenvalue weighted by Crippen LogP contribution is 2.28. The first kappa shape index (κ1) is 14.8. The fraction of sp³-hybridized carbons (Fsp3) is 0.154. The van der Waals surface area contributed by atoms with E-state index in [1.807, 2.05) is 0 Å². The molecule has 0 aliphatic heterocycles. The van der Waals surface area contributed by atoms with Gasteiger partial charge in [0.25, 0.3) is 0 Å². The molecule has 20 heavy (non-hydrogen) atoms. The molecule has 1 aromatic heterocycles. The van der Waals surface area contributed by atoms with E-state index < -0.39 is 0 Å². The van der Waals surface area contributed by atoms with Gasteiger partial charge in [0.15, 0.2) is 5.82 Å². The first-order valence-corrected chi connectivity index (χ1v) is 6.67. The summed E-state index contributed by atoms with van der Waals surface area (Å²) < 4.78 is 13.5. The largest absolute Gasteiger partial charge is 0.368 e. The van der Waals surface area contributed by atoms with Crippen molar-refractivity contribution in [2.45, 2.75) is 6.42 Å². The lowest BCUT2D eigenvalue weighted by molar-refractivity contribution is 0.610. The molecule has 0 unspecified atom stereocenters. The minimum absolute atomic E-state index is 0.228. The van der Waals surface area contributed by atoms with E-state index in [1.165, 1.54) is 12.1 Å². The summed E-state index contributed by atoms with van der Waals surface area (Å²) in [6, 6.07) is 8.16. The van der Waals surface area contributed by atoms with Crippen LogP contribution in [0, 0.1) is 5.82 Å². The van der Waals surface area contributed by atoms with Crippen LogP contribution in [-0.4, -0.2) is 11.5 Å². The smallest absolute Gasteiger partial charge is 0.161 e. The second-order valence-electron chi connectivity index (χ2n) is 4.06. The summed E-state index contributed by atoms with van der Waals surface area (Å²) in [5, 5.41) is 3.73. The summed E-state index contributed by atoms with van der Waals surface area (Å²) >= 11 is 11.9. The first-order valence-electron chi connectivity index (χ1n) is 5.91. The summed E-state index contributed by atoms with van der Waals surface area (Å²) in [6.45, 7) is 0.485. The van der Waals surface area contributed by atoms with Crippen molar-refractivity contribution in [2.75, 3.05) is 17.3 Å². The van der Waals surface area contributed by atoms with Gasteiger partial charge in [-0.15, -0.1) is 0 Å². The van der Waals surface area contributed by atoms with E-state index >= 15 is 0 Å². The Hall–Kier alpha value is -1.56. The van der Waals surface area contributed by atoms with Crippen LogP contribution in [0.5, 0.6) is 0 Å². The number of hydrogen-bond donors (Lipinski definition) is 3. The van der Waals surface area contributed by atoms with Gasteiger partial charge in [-0.1, -0.05) is 41.4 Å². The Morgan fingerprint density at radius 1 is 1.15 bits per heavy atom. The highest BCUT2D eigenvalue weighted by molar-refractivity contribution is 6.37. The molecule has 4 N–H and O–H groups in total. The van der Waals surface area contributed by atoms with Gasteiger partial charge in [-0.25, -0.2) is 15.2 Å². The molecule has 2 aromatic rings. The molecule has 0 aliphatic carbocycles. The zero-order valence-electron chi connectivity index (χ0n) is 10.5. The summed E-state index contributed by atoms with van der Waals surface area (Å²) in [6.07, 6.45) is 0.513. The third kappa shape index (κ3) is 3.50. The van der Waals surface area contributed by atoms with Crippen LogP contribution < -0.4 is 16.6 Å². The number of nitrogens with zero attached hydrogens (tertiary/aromatic N) is 1. The number of halogens is 3. The lowest BCUT2D eigenvalue weighted by atomic mass is 10.1. The van der Waals surface area contributed by atoms with Gasteiger partial charge in [0.05, 0.1) is 10.0 Å². The molecule has 0 saturated heterocycles. The molecular formula is C13H13Cl2FN4. The second-order valence-corrected chi connectivity index (χ2v) is 4.88. The number of hydrazine groups is 1. The number of nitrogens with one attached hydrogen (secondary N) is 2. The molecule has 0 amide bonds. The quantitative estimate of drug-likeness (QED) is 0.584. The van der Waals surface area contributed by atoms with Crippen molar-refractivity contribution in [3.8, 4) is 0 Å². The summed E-state index contributed by atoms with van der Waals surface area (Å²) in [5.41, 5.74) is 3.01. The van der Waals surface area contributed by atoms with E-state index in [0.29, 0.717) is 40.2 Å². The molecule has 106 valence electrons. The molecule has 7 heteroatoms. The van der Waals surface area contributed by atoms with Gasteiger partial charge in [0.1, 0.15) is 11.6 Å². The van der Waals surface area contributed by atoms with Crippen molar-refractivity contribution in [3.05, 3.63) is 51.8 Å². The van der Waals surface area contributed by atoms with Gasteiger partial charge in [0, 0.05) is 6.54 Å². The zero-order chi connectivity index (χ0) is 14.5. The van der Waals surface area contributed by atoms with E-state index in [9.17, 15) is 4.39 Å². The van der Waals surface area contributed by atoms with Gasteiger partial charge in [-0.2, -0.15) is 0 Å². The lowest BCUT2D eigenvalue weighted by Crippen LogP contribution is -2.12. The lowest BCUT2D eigenvalue weighted by Gasteiger charge is -2.10. The minimum atomic E-state index is -0.228. The maximum Gasteiger partial charge on any atom is 0.161 e. The average Bonchev–Trinajstić information content (AvgIpc) is 2.43. The maximum atomic E-state index is 13.5. The fourth-order valence-electron chi connectivity index (χ4n) is 1.71. The molecule has 0 fully saturated rings. The Labute approximate surface area is 126 Å². The third-order valence-corrected chi connectivity index (χ3v) is 3.29. The second kappa shape index (κ2) is 6.74. The SMILES string of the molecule is NNc1nc(NCCc2ccccc2F)c(Cl)cc1Cl. The van der Waals surface area contributed by atoms with E-state index in [4.69, 9.17) is 29.0 Å². The van der Waals surface area contributed by atoms with Crippen molar-refractivity contribution in [2.24, 2.45) is 5.84 Å². The minimum Gasteiger partial charge on any atom is -0.368 e. The summed E-state index contributed by atoms with van der Waals surface area (Å²) in [4.78, 5) is 4.14. The maximum absolute atomic E-state index is 13.5. The number of benzene rings is 1. The monoisotopic (exact) mass is 314 g/mol. The van der Waals surface area contributed by atoms with E-state index in [1.54, 1.807) is 18.2 Å². The van der Waals surface area contributed by atoms with Gasteiger partial charge in [-0.05, 0) is 24.1 Å². The molecule has 0 aliphatic rings. The van der Waals surface area contributed by atoms with Gasteiger partial charge < -0.3 is 10.7 Å². The van der Waals surface area contributed by atoms with Crippen LogP contribution in [0.1, 0.15) is 5.56 Å². The van der Waals surface area contributed by atoms with Gasteiger partial charge >= 0.3 is 0 Å². The highest BCUT2D eigenvalue weighted by atomic mass is 35.5. The van der Waals surface area contributed by atoms with Crippen molar-refractivity contribution in [1.29, 1.82) is 0 Å². The normalized spacial score (nSPS) is 10.4. The van der Waals surface area contributed by atoms with Crippen molar-refractivity contribution in [1.82, 2.24) is 4.98 Å². The van der Waals surface area contributed by atoms with E-state index in [0.717, 1.165) is 0 Å². The number of anilines is 2. The number of hydrogen-bond acceptors (Lipinski definition) is 4. The Bertz CT molecular complexity index is 607. The molecule has 0 bridgehead atoms. The Morgan fingerprint density at radius 2 is 1.85 bits per heavy atom. The Balaban J connectivity index is 2.03. The number of nitrogens with two attached hydrogens (primary N) is 1.